The van der Waals surface area contributed by atoms with E-state index in [-0.39, 0.29) is 5.91 Å². The zero-order chi connectivity index (χ0) is 15.5. The number of thioether (sulfide) groups is 1. The van der Waals surface area contributed by atoms with Crippen molar-refractivity contribution >= 4 is 46.2 Å². The fourth-order valence-corrected chi connectivity index (χ4v) is 2.96. The van der Waals surface area contributed by atoms with Crippen molar-refractivity contribution in [2.45, 2.75) is 6.92 Å². The molecule has 0 saturated carbocycles. The summed E-state index contributed by atoms with van der Waals surface area (Å²) in [6, 6.07) is 15.1. The molecule has 3 nitrogen and oxygen atoms in total. The number of aryl methyl sites for hydroxylation is 1. The normalized spacial score (nSPS) is 18.0. The van der Waals surface area contributed by atoms with E-state index in [1.807, 2.05) is 49.4 Å². The maximum absolute atomic E-state index is 12.0. The molecule has 0 bridgehead atoms. The van der Waals surface area contributed by atoms with E-state index in [4.69, 9.17) is 11.6 Å². The summed E-state index contributed by atoms with van der Waals surface area (Å²) in [4.78, 5) is 17.1. The minimum atomic E-state index is -0.124. The number of aliphatic imine (C=N–C) groups is 1. The third-order valence-electron chi connectivity index (χ3n) is 3.18. The summed E-state index contributed by atoms with van der Waals surface area (Å²) in [5.41, 5.74) is 2.92. The van der Waals surface area contributed by atoms with Gasteiger partial charge in [-0.1, -0.05) is 35.9 Å². The van der Waals surface area contributed by atoms with E-state index in [1.54, 1.807) is 12.1 Å². The molecule has 0 spiro atoms. The zero-order valence-electron chi connectivity index (χ0n) is 11.8. The molecule has 2 aromatic rings. The van der Waals surface area contributed by atoms with E-state index in [0.717, 1.165) is 16.8 Å². The molecule has 1 aliphatic rings. The molecule has 22 heavy (non-hydrogen) atoms. The van der Waals surface area contributed by atoms with Gasteiger partial charge in [-0.05, 0) is 60.2 Å². The SMILES string of the molecule is Cc1ccccc1/C=C1\SC(=Nc2ccc(Cl)cc2)NC1=O. The van der Waals surface area contributed by atoms with Crippen LogP contribution in [0.5, 0.6) is 0 Å². The van der Waals surface area contributed by atoms with Crippen molar-refractivity contribution in [1.82, 2.24) is 5.32 Å². The highest BCUT2D eigenvalue weighted by atomic mass is 35.5. The van der Waals surface area contributed by atoms with Gasteiger partial charge in [0.25, 0.3) is 5.91 Å². The molecule has 0 aliphatic carbocycles. The highest BCUT2D eigenvalue weighted by Gasteiger charge is 2.23. The number of amidine groups is 1. The van der Waals surface area contributed by atoms with Crippen LogP contribution < -0.4 is 5.32 Å². The maximum atomic E-state index is 12.0. The highest BCUT2D eigenvalue weighted by molar-refractivity contribution is 8.18. The second-order valence-corrected chi connectivity index (χ2v) is 6.28. The van der Waals surface area contributed by atoms with Crippen molar-refractivity contribution in [3.8, 4) is 0 Å². The first kappa shape index (κ1) is 14.9. The lowest BCUT2D eigenvalue weighted by Crippen LogP contribution is -2.19. The molecule has 0 unspecified atom stereocenters. The van der Waals surface area contributed by atoms with E-state index in [2.05, 4.69) is 10.3 Å². The Hall–Kier alpha value is -2.04. The van der Waals surface area contributed by atoms with Gasteiger partial charge in [-0.2, -0.15) is 0 Å². The Morgan fingerprint density at radius 3 is 2.59 bits per heavy atom. The third-order valence-corrected chi connectivity index (χ3v) is 4.35. The topological polar surface area (TPSA) is 41.5 Å². The Balaban J connectivity index is 1.84. The molecular weight excluding hydrogens is 316 g/mol. The summed E-state index contributed by atoms with van der Waals surface area (Å²) in [7, 11) is 0. The molecule has 1 fully saturated rings. The summed E-state index contributed by atoms with van der Waals surface area (Å²) < 4.78 is 0. The molecule has 5 heteroatoms. The minimum absolute atomic E-state index is 0.124. The highest BCUT2D eigenvalue weighted by Crippen LogP contribution is 2.28. The number of rotatable bonds is 2. The van der Waals surface area contributed by atoms with Crippen LogP contribution in [-0.4, -0.2) is 11.1 Å². The van der Waals surface area contributed by atoms with Crippen molar-refractivity contribution in [1.29, 1.82) is 0 Å². The monoisotopic (exact) mass is 328 g/mol. The molecule has 0 atom stereocenters. The first-order valence-corrected chi connectivity index (χ1v) is 7.92. The standard InChI is InChI=1S/C17H13ClN2OS/c1-11-4-2-3-5-12(11)10-15-16(21)20-17(22-15)19-14-8-6-13(18)7-9-14/h2-10H,1H3,(H,19,20,21)/b15-10-. The van der Waals surface area contributed by atoms with Crippen molar-refractivity contribution in [2.24, 2.45) is 4.99 Å². The summed E-state index contributed by atoms with van der Waals surface area (Å²) >= 11 is 7.19. The summed E-state index contributed by atoms with van der Waals surface area (Å²) in [5.74, 6) is -0.124. The van der Waals surface area contributed by atoms with Crippen molar-refractivity contribution < 1.29 is 4.79 Å². The van der Waals surface area contributed by atoms with E-state index in [9.17, 15) is 4.79 Å². The van der Waals surface area contributed by atoms with Crippen LogP contribution in [0.1, 0.15) is 11.1 Å². The summed E-state index contributed by atoms with van der Waals surface area (Å²) in [5, 5.41) is 4.02. The lowest BCUT2D eigenvalue weighted by Gasteiger charge is -1.99. The van der Waals surface area contributed by atoms with Gasteiger partial charge >= 0.3 is 0 Å². The van der Waals surface area contributed by atoms with Crippen LogP contribution in [0.2, 0.25) is 5.02 Å². The molecule has 2 aromatic carbocycles. The van der Waals surface area contributed by atoms with Gasteiger partial charge in [-0.15, -0.1) is 0 Å². The number of carbonyl (C=O) groups excluding carboxylic acids is 1. The van der Waals surface area contributed by atoms with Gasteiger partial charge in [-0.3, -0.25) is 4.79 Å². The molecular formula is C17H13ClN2OS. The molecule has 1 amide bonds. The molecule has 0 radical (unpaired) electrons. The van der Waals surface area contributed by atoms with Crippen molar-refractivity contribution in [3.05, 3.63) is 69.6 Å². The van der Waals surface area contributed by atoms with Crippen LogP contribution in [-0.2, 0) is 4.79 Å². The average molecular weight is 329 g/mol. The van der Waals surface area contributed by atoms with Crippen molar-refractivity contribution in [2.75, 3.05) is 0 Å². The van der Waals surface area contributed by atoms with E-state index >= 15 is 0 Å². The number of hydrogen-bond acceptors (Lipinski definition) is 3. The van der Waals surface area contributed by atoms with Crippen LogP contribution >= 0.6 is 23.4 Å². The smallest absolute Gasteiger partial charge is 0.264 e. The summed E-state index contributed by atoms with van der Waals surface area (Å²) in [6.07, 6.45) is 1.89. The third kappa shape index (κ3) is 3.40. The van der Waals surface area contributed by atoms with Crippen LogP contribution in [0.25, 0.3) is 6.08 Å². The van der Waals surface area contributed by atoms with Gasteiger partial charge in [0.15, 0.2) is 5.17 Å². The average Bonchev–Trinajstić information content (AvgIpc) is 2.84. The molecule has 3 rings (SSSR count). The Labute approximate surface area is 138 Å². The first-order chi connectivity index (χ1) is 10.6. The molecule has 110 valence electrons. The second-order valence-electron chi connectivity index (χ2n) is 4.81. The molecule has 1 heterocycles. The van der Waals surface area contributed by atoms with Crippen LogP contribution in [0.4, 0.5) is 5.69 Å². The number of carbonyl (C=O) groups is 1. The number of amides is 1. The quantitative estimate of drug-likeness (QED) is 0.822. The van der Waals surface area contributed by atoms with Gasteiger partial charge in [-0.25, -0.2) is 4.99 Å². The van der Waals surface area contributed by atoms with Crippen LogP contribution in [0.15, 0.2) is 58.4 Å². The van der Waals surface area contributed by atoms with Crippen LogP contribution in [0.3, 0.4) is 0 Å². The van der Waals surface area contributed by atoms with Crippen LogP contribution in [0, 0.1) is 6.92 Å². The van der Waals surface area contributed by atoms with Gasteiger partial charge in [0.1, 0.15) is 0 Å². The molecule has 0 aromatic heterocycles. The van der Waals surface area contributed by atoms with Gasteiger partial charge in [0, 0.05) is 5.02 Å². The number of halogens is 1. The van der Waals surface area contributed by atoms with Gasteiger partial charge < -0.3 is 5.32 Å². The Morgan fingerprint density at radius 2 is 1.86 bits per heavy atom. The number of hydrogen-bond donors (Lipinski definition) is 1. The molecule has 1 aliphatic heterocycles. The summed E-state index contributed by atoms with van der Waals surface area (Å²) in [6.45, 7) is 2.02. The lowest BCUT2D eigenvalue weighted by atomic mass is 10.1. The van der Waals surface area contributed by atoms with Gasteiger partial charge in [0.2, 0.25) is 0 Å². The zero-order valence-corrected chi connectivity index (χ0v) is 13.4. The molecule has 1 N–H and O–H groups in total. The fourth-order valence-electron chi connectivity index (χ4n) is 2.00. The van der Waals surface area contributed by atoms with E-state index < -0.39 is 0 Å². The predicted octanol–water partition coefficient (Wildman–Crippen LogP) is 4.54. The maximum Gasteiger partial charge on any atom is 0.264 e. The molecule has 1 saturated heterocycles. The Bertz CT molecular complexity index is 782. The lowest BCUT2D eigenvalue weighted by molar-refractivity contribution is -0.115. The minimum Gasteiger partial charge on any atom is -0.300 e. The van der Waals surface area contributed by atoms with E-state index in [0.29, 0.717) is 15.1 Å². The Kier molecular flexibility index (Phi) is 4.32. The number of nitrogens with one attached hydrogen (secondary N) is 1. The van der Waals surface area contributed by atoms with Crippen molar-refractivity contribution in [3.63, 3.8) is 0 Å². The first-order valence-electron chi connectivity index (χ1n) is 6.72. The Morgan fingerprint density at radius 1 is 1.14 bits per heavy atom. The number of benzene rings is 2. The fraction of sp³-hybridized carbons (Fsp3) is 0.0588. The predicted molar refractivity (Wildman–Crippen MR) is 93.4 cm³/mol. The largest absolute Gasteiger partial charge is 0.300 e. The second kappa shape index (κ2) is 6.38. The van der Waals surface area contributed by atoms with Gasteiger partial charge in [0.05, 0.1) is 10.6 Å². The van der Waals surface area contributed by atoms with E-state index in [1.165, 1.54) is 11.8 Å². The number of nitrogens with zero attached hydrogens (tertiary/aromatic N) is 1.